The summed E-state index contributed by atoms with van der Waals surface area (Å²) < 4.78 is 33.1. The second kappa shape index (κ2) is 14.7. The molecule has 0 radical (unpaired) electrons. The van der Waals surface area contributed by atoms with Crippen LogP contribution in [0, 0.1) is 20.8 Å². The van der Waals surface area contributed by atoms with Crippen LogP contribution in [0.5, 0.6) is 5.75 Å². The van der Waals surface area contributed by atoms with Crippen molar-refractivity contribution in [3.63, 3.8) is 0 Å². The number of alkyl halides is 2. The Balaban J connectivity index is 1.43. The van der Waals surface area contributed by atoms with Crippen molar-refractivity contribution >= 4 is 23.6 Å². The molecular formula is C35H41ClF2N2O4. The van der Waals surface area contributed by atoms with Gasteiger partial charge in [0.2, 0.25) is 0 Å². The van der Waals surface area contributed by atoms with Crippen LogP contribution >= 0.6 is 11.6 Å². The first kappa shape index (κ1) is 33.6. The number of carboxylic acids is 1. The summed E-state index contributed by atoms with van der Waals surface area (Å²) in [5.74, 6) is -3.15. The summed E-state index contributed by atoms with van der Waals surface area (Å²) in [6.45, 7) is 8.98. The Hall–Kier alpha value is -3.30. The van der Waals surface area contributed by atoms with Gasteiger partial charge < -0.3 is 14.9 Å². The lowest BCUT2D eigenvalue weighted by Crippen LogP contribution is -2.44. The number of aryl methyl sites for hydroxylation is 1. The van der Waals surface area contributed by atoms with Gasteiger partial charge in [0.15, 0.2) is 0 Å². The van der Waals surface area contributed by atoms with Crippen LogP contribution in [0.25, 0.3) is 17.2 Å². The third kappa shape index (κ3) is 8.45. The fourth-order valence-electron chi connectivity index (χ4n) is 5.56. The van der Waals surface area contributed by atoms with Gasteiger partial charge in [0.05, 0.1) is 17.7 Å². The minimum Gasteiger partial charge on any atom is -0.487 e. The van der Waals surface area contributed by atoms with Crippen molar-refractivity contribution in [3.8, 4) is 16.9 Å². The Kier molecular flexibility index (Phi) is 11.2. The highest BCUT2D eigenvalue weighted by atomic mass is 35.5. The molecular weight excluding hydrogens is 586 g/mol. The molecule has 3 aromatic rings. The van der Waals surface area contributed by atoms with E-state index in [0.717, 1.165) is 50.9 Å². The Morgan fingerprint density at radius 2 is 1.82 bits per heavy atom. The summed E-state index contributed by atoms with van der Waals surface area (Å²) in [7, 11) is 0. The molecule has 1 aliphatic rings. The van der Waals surface area contributed by atoms with Crippen LogP contribution in [0.3, 0.4) is 0 Å². The lowest BCUT2D eigenvalue weighted by atomic mass is 9.91. The summed E-state index contributed by atoms with van der Waals surface area (Å²) in [5.41, 5.74) is 8.27. The third-order valence-electron chi connectivity index (χ3n) is 8.30. The Morgan fingerprint density at radius 1 is 1.11 bits per heavy atom. The van der Waals surface area contributed by atoms with Gasteiger partial charge in [-0.25, -0.2) is 8.78 Å². The highest BCUT2D eigenvalue weighted by molar-refractivity contribution is 6.32. The van der Waals surface area contributed by atoms with Gasteiger partial charge in [0, 0.05) is 26.1 Å². The van der Waals surface area contributed by atoms with Crippen molar-refractivity contribution in [3.05, 3.63) is 93.0 Å². The van der Waals surface area contributed by atoms with Crippen LogP contribution < -0.4 is 10.1 Å². The van der Waals surface area contributed by atoms with E-state index in [9.17, 15) is 23.8 Å². The van der Waals surface area contributed by atoms with E-state index in [-0.39, 0.29) is 19.5 Å². The number of likely N-dealkylation sites (tertiary alicyclic amines) is 1. The molecule has 0 aliphatic carbocycles. The van der Waals surface area contributed by atoms with Gasteiger partial charge in [0.25, 0.3) is 5.92 Å². The summed E-state index contributed by atoms with van der Waals surface area (Å²) in [5, 5.41) is 22.3. The molecule has 1 heterocycles. The number of aliphatic hydroxyl groups is 1. The molecule has 0 aromatic heterocycles. The van der Waals surface area contributed by atoms with Gasteiger partial charge in [-0.1, -0.05) is 60.2 Å². The normalized spacial score (nSPS) is 16.4. The minimum absolute atomic E-state index is 0.0555. The van der Waals surface area contributed by atoms with Crippen molar-refractivity contribution in [1.29, 1.82) is 0 Å². The second-order valence-corrected chi connectivity index (χ2v) is 12.0. The number of rotatable bonds is 13. The van der Waals surface area contributed by atoms with E-state index < -0.39 is 24.0 Å². The van der Waals surface area contributed by atoms with E-state index in [1.54, 1.807) is 6.07 Å². The van der Waals surface area contributed by atoms with Gasteiger partial charge in [-0.05, 0) is 90.8 Å². The molecule has 6 nitrogen and oxygen atoms in total. The summed E-state index contributed by atoms with van der Waals surface area (Å²) in [6.07, 6.45) is 3.75. The number of nitrogens with one attached hydrogen (secondary N) is 1. The predicted molar refractivity (Wildman–Crippen MR) is 171 cm³/mol. The van der Waals surface area contributed by atoms with E-state index in [1.807, 2.05) is 36.1 Å². The van der Waals surface area contributed by atoms with Crippen molar-refractivity contribution in [1.82, 2.24) is 10.2 Å². The Bertz CT molecular complexity index is 1510. The van der Waals surface area contributed by atoms with E-state index in [2.05, 4.69) is 49.5 Å². The maximum atomic E-state index is 13.5. The van der Waals surface area contributed by atoms with E-state index in [4.69, 9.17) is 16.3 Å². The molecule has 9 heteroatoms. The van der Waals surface area contributed by atoms with E-state index in [0.29, 0.717) is 30.5 Å². The van der Waals surface area contributed by atoms with Gasteiger partial charge >= 0.3 is 5.97 Å². The lowest BCUT2D eigenvalue weighted by Gasteiger charge is -2.19. The highest BCUT2D eigenvalue weighted by Gasteiger charge is 2.37. The fraction of sp³-hybridized carbons (Fsp3) is 0.400. The van der Waals surface area contributed by atoms with E-state index >= 15 is 0 Å². The Morgan fingerprint density at radius 3 is 2.48 bits per heavy atom. The van der Waals surface area contributed by atoms with Crippen LogP contribution in [0.1, 0.15) is 53.1 Å². The highest BCUT2D eigenvalue weighted by Crippen LogP contribution is 2.33. The smallest absolute Gasteiger partial charge is 0.323 e. The molecule has 1 unspecified atom stereocenters. The first-order valence-electron chi connectivity index (χ1n) is 14.9. The minimum atomic E-state index is -2.56. The third-order valence-corrected chi connectivity index (χ3v) is 8.60. The van der Waals surface area contributed by atoms with Gasteiger partial charge in [-0.2, -0.15) is 0 Å². The van der Waals surface area contributed by atoms with Gasteiger partial charge in [-0.15, -0.1) is 0 Å². The monoisotopic (exact) mass is 626 g/mol. The lowest BCUT2D eigenvalue weighted by molar-refractivity contribution is -0.142. The molecule has 0 saturated carbocycles. The average molecular weight is 627 g/mol. The number of aliphatic carboxylic acids is 1. The summed E-state index contributed by atoms with van der Waals surface area (Å²) in [4.78, 5) is 13.2. The molecule has 1 fully saturated rings. The number of hydrogen-bond donors (Lipinski definition) is 3. The molecule has 3 aromatic carbocycles. The molecule has 1 aliphatic heterocycles. The average Bonchev–Trinajstić information content (AvgIpc) is 3.31. The number of ether oxygens (including phenoxy) is 1. The molecule has 4 rings (SSSR count). The zero-order chi connectivity index (χ0) is 32.0. The number of carboxylic acid groups (broad SMARTS) is 1. The summed E-state index contributed by atoms with van der Waals surface area (Å²) in [6, 6.07) is 14.8. The molecule has 236 valence electrons. The maximum absolute atomic E-state index is 13.5. The molecule has 0 amide bonds. The second-order valence-electron chi connectivity index (χ2n) is 11.6. The largest absolute Gasteiger partial charge is 0.487 e. The van der Waals surface area contributed by atoms with Crippen LogP contribution in [-0.4, -0.2) is 58.8 Å². The molecule has 1 saturated heterocycles. The van der Waals surface area contributed by atoms with Crippen molar-refractivity contribution in [2.45, 2.75) is 71.8 Å². The van der Waals surface area contributed by atoms with Crippen LogP contribution in [-0.2, 0) is 17.9 Å². The summed E-state index contributed by atoms with van der Waals surface area (Å²) >= 11 is 6.55. The van der Waals surface area contributed by atoms with Crippen molar-refractivity contribution in [2.75, 3.05) is 19.6 Å². The molecule has 0 spiro atoms. The standard InChI is InChI=1S/C35H41ClF2N2O4/c1-22-17-32(31(36)18-28(22)19-39-33(25(4)41)34(42)43)44-20-27-11-8-13-30(24(27)3)29-12-7-10-26(23(29)2)9-5-6-15-40-16-14-35(37,38)21-40/h5,7-13,17-18,25,33,39,41H,6,14-16,19-21H2,1-4H3,(H,42,43)/b9-5+/t25?,33-/m1/s1. The number of carbonyl (C=O) groups is 1. The first-order chi connectivity index (χ1) is 20.9. The number of benzene rings is 3. The van der Waals surface area contributed by atoms with Crippen molar-refractivity contribution < 1.29 is 28.5 Å². The molecule has 2 atom stereocenters. The molecule has 0 bridgehead atoms. The zero-order valence-electron chi connectivity index (χ0n) is 25.7. The zero-order valence-corrected chi connectivity index (χ0v) is 26.4. The number of hydrogen-bond acceptors (Lipinski definition) is 5. The number of aliphatic hydroxyl groups excluding tert-OH is 1. The fourth-order valence-corrected chi connectivity index (χ4v) is 5.80. The maximum Gasteiger partial charge on any atom is 0.323 e. The topological polar surface area (TPSA) is 82.0 Å². The number of nitrogens with zero attached hydrogens (tertiary/aromatic N) is 1. The number of halogens is 3. The Labute approximate surface area is 263 Å². The quantitative estimate of drug-likeness (QED) is 0.186. The SMILES string of the molecule is Cc1cc(OCc2cccc(-c3cccc(/C=C/CCN4CCC(F)(F)C4)c3C)c2C)c(Cl)cc1CN[C@@H](C(=O)O)C(C)O. The van der Waals surface area contributed by atoms with Crippen LogP contribution in [0.15, 0.2) is 54.6 Å². The van der Waals surface area contributed by atoms with Crippen LogP contribution in [0.2, 0.25) is 5.02 Å². The van der Waals surface area contributed by atoms with Gasteiger partial charge in [0.1, 0.15) is 18.4 Å². The first-order valence-corrected chi connectivity index (χ1v) is 15.3. The molecule has 3 N–H and O–H groups in total. The molecule has 44 heavy (non-hydrogen) atoms. The van der Waals surface area contributed by atoms with Crippen LogP contribution in [0.4, 0.5) is 8.78 Å². The van der Waals surface area contributed by atoms with E-state index in [1.165, 1.54) is 6.92 Å². The van der Waals surface area contributed by atoms with Crippen molar-refractivity contribution in [2.24, 2.45) is 0 Å². The predicted octanol–water partition coefficient (Wildman–Crippen LogP) is 7.18. The van der Waals surface area contributed by atoms with Gasteiger partial charge in [-0.3, -0.25) is 15.0 Å².